The molecule has 2 aromatic carbocycles. The minimum absolute atomic E-state index is 0.000655. The Balaban J connectivity index is 1.77. The molecule has 0 heterocycles. The third kappa shape index (κ3) is 6.36. The SMILES string of the molecule is O=C(CCNC(=O)c1ccc(Cl)c(Cl)c1)NN=Cc1cccc([N+](=O)[O-])c1. The van der Waals surface area contributed by atoms with E-state index in [4.69, 9.17) is 23.2 Å². The summed E-state index contributed by atoms with van der Waals surface area (Å²) in [7, 11) is 0. The summed E-state index contributed by atoms with van der Waals surface area (Å²) >= 11 is 11.6. The molecule has 0 aliphatic rings. The van der Waals surface area contributed by atoms with Crippen LogP contribution in [0.2, 0.25) is 10.0 Å². The minimum atomic E-state index is -0.521. The number of nitrogens with zero attached hydrogens (tertiary/aromatic N) is 2. The molecule has 0 unspecified atom stereocenters. The van der Waals surface area contributed by atoms with Crippen LogP contribution < -0.4 is 10.7 Å². The van der Waals surface area contributed by atoms with Crippen LogP contribution in [0.25, 0.3) is 0 Å². The number of nitro benzene ring substituents is 1. The number of halogens is 2. The number of rotatable bonds is 7. The van der Waals surface area contributed by atoms with Crippen molar-refractivity contribution < 1.29 is 14.5 Å². The number of amides is 2. The van der Waals surface area contributed by atoms with Gasteiger partial charge in [-0.1, -0.05) is 35.3 Å². The van der Waals surface area contributed by atoms with Crippen LogP contribution in [0.4, 0.5) is 5.69 Å². The van der Waals surface area contributed by atoms with Gasteiger partial charge in [-0.3, -0.25) is 19.7 Å². The first kappa shape index (κ1) is 20.3. The molecule has 0 atom stereocenters. The Hall–Kier alpha value is -2.97. The fourth-order valence-corrected chi connectivity index (χ4v) is 2.28. The predicted octanol–water partition coefficient (Wildman–Crippen LogP) is 3.17. The number of nitro groups is 1. The molecule has 0 saturated heterocycles. The molecular weight excluding hydrogens is 395 g/mol. The molecule has 2 rings (SSSR count). The summed E-state index contributed by atoms with van der Waals surface area (Å²) < 4.78 is 0. The quantitative estimate of drug-likeness (QED) is 0.415. The largest absolute Gasteiger partial charge is 0.352 e. The van der Waals surface area contributed by atoms with Crippen LogP contribution in [-0.4, -0.2) is 29.5 Å². The van der Waals surface area contributed by atoms with E-state index in [-0.39, 0.29) is 29.6 Å². The Morgan fingerprint density at radius 1 is 1.15 bits per heavy atom. The molecule has 0 radical (unpaired) electrons. The van der Waals surface area contributed by atoms with Gasteiger partial charge in [-0.15, -0.1) is 0 Å². The maximum atomic E-state index is 11.9. The number of hydrazone groups is 1. The molecule has 0 saturated carbocycles. The summed E-state index contributed by atoms with van der Waals surface area (Å²) in [5, 5.41) is 17.6. The lowest BCUT2D eigenvalue weighted by Gasteiger charge is -2.05. The Kier molecular flexibility index (Phi) is 7.27. The second-order valence-electron chi connectivity index (χ2n) is 5.28. The molecule has 0 bridgehead atoms. The highest BCUT2D eigenvalue weighted by molar-refractivity contribution is 6.42. The second-order valence-corrected chi connectivity index (χ2v) is 6.09. The van der Waals surface area contributed by atoms with Crippen LogP contribution in [0.15, 0.2) is 47.6 Å². The van der Waals surface area contributed by atoms with Crippen molar-refractivity contribution >= 4 is 46.9 Å². The van der Waals surface area contributed by atoms with Crippen molar-refractivity contribution in [2.75, 3.05) is 6.54 Å². The fraction of sp³-hybridized carbons (Fsp3) is 0.118. The maximum absolute atomic E-state index is 11.9. The highest BCUT2D eigenvalue weighted by atomic mass is 35.5. The zero-order valence-corrected chi connectivity index (χ0v) is 15.3. The summed E-state index contributed by atoms with van der Waals surface area (Å²) in [6.07, 6.45) is 1.29. The van der Waals surface area contributed by atoms with Crippen molar-refractivity contribution in [1.82, 2.24) is 10.7 Å². The summed E-state index contributed by atoms with van der Waals surface area (Å²) in [6.45, 7) is 0.0945. The van der Waals surface area contributed by atoms with Gasteiger partial charge in [0.2, 0.25) is 5.91 Å². The van der Waals surface area contributed by atoms with Crippen LogP contribution in [0, 0.1) is 10.1 Å². The fourth-order valence-electron chi connectivity index (χ4n) is 1.98. The standard InChI is InChI=1S/C17H14Cl2N4O4/c18-14-5-4-12(9-15(14)19)17(25)20-7-6-16(24)22-21-10-11-2-1-3-13(8-11)23(26)27/h1-5,8-10H,6-7H2,(H,20,25)(H,22,24). The Bertz CT molecular complexity index is 902. The third-order valence-corrected chi connectivity index (χ3v) is 4.04. The molecule has 8 nitrogen and oxygen atoms in total. The molecule has 2 N–H and O–H groups in total. The van der Waals surface area contributed by atoms with Crippen molar-refractivity contribution in [3.05, 3.63) is 73.8 Å². The van der Waals surface area contributed by atoms with Gasteiger partial charge in [0, 0.05) is 36.2 Å². The molecule has 140 valence electrons. The number of carbonyl (C=O) groups excluding carboxylic acids is 2. The molecule has 2 aromatic rings. The van der Waals surface area contributed by atoms with Gasteiger partial charge in [0.1, 0.15) is 0 Å². The van der Waals surface area contributed by atoms with Crippen molar-refractivity contribution in [3.8, 4) is 0 Å². The first-order valence-corrected chi connectivity index (χ1v) is 8.42. The van der Waals surface area contributed by atoms with Crippen molar-refractivity contribution in [2.24, 2.45) is 5.10 Å². The lowest BCUT2D eigenvalue weighted by atomic mass is 10.2. The van der Waals surface area contributed by atoms with Crippen molar-refractivity contribution in [1.29, 1.82) is 0 Å². The first-order valence-electron chi connectivity index (χ1n) is 7.66. The molecular formula is C17H14Cl2N4O4. The lowest BCUT2D eigenvalue weighted by molar-refractivity contribution is -0.384. The van der Waals surface area contributed by atoms with Crippen LogP contribution in [0.5, 0.6) is 0 Å². The lowest BCUT2D eigenvalue weighted by Crippen LogP contribution is -2.29. The number of non-ortho nitro benzene ring substituents is 1. The maximum Gasteiger partial charge on any atom is 0.270 e. The summed E-state index contributed by atoms with van der Waals surface area (Å²) in [6, 6.07) is 10.3. The van der Waals surface area contributed by atoms with Gasteiger partial charge in [0.15, 0.2) is 0 Å². The molecule has 0 fully saturated rings. The highest BCUT2D eigenvalue weighted by Gasteiger charge is 2.09. The monoisotopic (exact) mass is 408 g/mol. The third-order valence-electron chi connectivity index (χ3n) is 3.30. The van der Waals surface area contributed by atoms with E-state index in [2.05, 4.69) is 15.8 Å². The van der Waals surface area contributed by atoms with E-state index in [1.807, 2.05) is 0 Å². The van der Waals surface area contributed by atoms with E-state index < -0.39 is 10.8 Å². The molecule has 0 spiro atoms. The number of benzene rings is 2. The Morgan fingerprint density at radius 2 is 1.93 bits per heavy atom. The molecule has 0 aliphatic carbocycles. The van der Waals surface area contributed by atoms with Gasteiger partial charge in [0.25, 0.3) is 11.6 Å². The molecule has 27 heavy (non-hydrogen) atoms. The van der Waals surface area contributed by atoms with E-state index in [0.717, 1.165) is 0 Å². The Morgan fingerprint density at radius 3 is 2.63 bits per heavy atom. The van der Waals surface area contributed by atoms with Gasteiger partial charge in [-0.2, -0.15) is 5.10 Å². The topological polar surface area (TPSA) is 114 Å². The zero-order chi connectivity index (χ0) is 19.8. The average Bonchev–Trinajstić information content (AvgIpc) is 2.64. The summed E-state index contributed by atoms with van der Waals surface area (Å²) in [5.74, 6) is -0.812. The number of hydrogen-bond acceptors (Lipinski definition) is 5. The van der Waals surface area contributed by atoms with Gasteiger partial charge in [0.05, 0.1) is 21.2 Å². The van der Waals surface area contributed by atoms with E-state index in [9.17, 15) is 19.7 Å². The van der Waals surface area contributed by atoms with Gasteiger partial charge < -0.3 is 5.32 Å². The molecule has 10 heteroatoms. The van der Waals surface area contributed by atoms with E-state index in [1.54, 1.807) is 6.07 Å². The van der Waals surface area contributed by atoms with E-state index in [1.165, 1.54) is 42.6 Å². The average molecular weight is 409 g/mol. The number of nitrogens with one attached hydrogen (secondary N) is 2. The second kappa shape index (κ2) is 9.65. The van der Waals surface area contributed by atoms with Gasteiger partial charge in [-0.25, -0.2) is 5.43 Å². The van der Waals surface area contributed by atoms with E-state index >= 15 is 0 Å². The Labute approximate surface area is 164 Å². The highest BCUT2D eigenvalue weighted by Crippen LogP contribution is 2.22. The number of carbonyl (C=O) groups is 2. The minimum Gasteiger partial charge on any atom is -0.352 e. The normalized spacial score (nSPS) is 10.6. The number of hydrogen-bond donors (Lipinski definition) is 2. The molecule has 0 aliphatic heterocycles. The van der Waals surface area contributed by atoms with Crippen molar-refractivity contribution in [2.45, 2.75) is 6.42 Å². The van der Waals surface area contributed by atoms with Crippen LogP contribution in [0.1, 0.15) is 22.3 Å². The molecule has 0 aromatic heterocycles. The van der Waals surface area contributed by atoms with E-state index in [0.29, 0.717) is 16.1 Å². The summed E-state index contributed by atoms with van der Waals surface area (Å²) in [5.41, 5.74) is 3.00. The molecule has 2 amide bonds. The first-order chi connectivity index (χ1) is 12.9. The predicted molar refractivity (Wildman–Crippen MR) is 102 cm³/mol. The van der Waals surface area contributed by atoms with Gasteiger partial charge >= 0.3 is 0 Å². The van der Waals surface area contributed by atoms with Crippen LogP contribution in [-0.2, 0) is 4.79 Å². The smallest absolute Gasteiger partial charge is 0.270 e. The van der Waals surface area contributed by atoms with Crippen LogP contribution >= 0.6 is 23.2 Å². The zero-order valence-electron chi connectivity index (χ0n) is 13.8. The van der Waals surface area contributed by atoms with Crippen molar-refractivity contribution in [3.63, 3.8) is 0 Å². The summed E-state index contributed by atoms with van der Waals surface area (Å²) in [4.78, 5) is 33.8. The van der Waals surface area contributed by atoms with Gasteiger partial charge in [-0.05, 0) is 18.2 Å². The van der Waals surface area contributed by atoms with Crippen LogP contribution in [0.3, 0.4) is 0 Å².